The van der Waals surface area contributed by atoms with E-state index in [0.717, 1.165) is 10.5 Å². The zero-order chi connectivity index (χ0) is 13.3. The topological polar surface area (TPSA) is 26.3 Å². The molecule has 1 aromatic carbocycles. The van der Waals surface area contributed by atoms with Gasteiger partial charge in [-0.3, -0.25) is 0 Å². The van der Waals surface area contributed by atoms with Crippen molar-refractivity contribution in [3.05, 3.63) is 34.4 Å². The number of esters is 1. The van der Waals surface area contributed by atoms with E-state index in [2.05, 4.69) is 0 Å². The summed E-state index contributed by atoms with van der Waals surface area (Å²) in [4.78, 5) is 12.9. The van der Waals surface area contributed by atoms with Gasteiger partial charge in [-0.2, -0.15) is 0 Å². The van der Waals surface area contributed by atoms with Gasteiger partial charge < -0.3 is 4.74 Å². The van der Waals surface area contributed by atoms with E-state index in [1.54, 1.807) is 24.8 Å². The van der Waals surface area contributed by atoms with E-state index in [1.165, 1.54) is 0 Å². The quantitative estimate of drug-likeness (QED) is 0.760. The molecule has 0 radical (unpaired) electrons. The van der Waals surface area contributed by atoms with E-state index >= 15 is 0 Å². The number of carbonyl (C=O) groups is 1. The molecule has 1 aliphatic rings. The predicted octanol–water partition coefficient (Wildman–Crippen LogP) is 4.35. The normalized spacial score (nSPS) is 18.6. The van der Waals surface area contributed by atoms with E-state index in [-0.39, 0.29) is 11.2 Å². The number of fused-ring (bicyclic) bond motifs is 1. The van der Waals surface area contributed by atoms with Crippen LogP contribution < -0.4 is 0 Å². The fourth-order valence-corrected chi connectivity index (χ4v) is 3.65. The predicted molar refractivity (Wildman–Crippen MR) is 76.2 cm³/mol. The third kappa shape index (κ3) is 2.53. The van der Waals surface area contributed by atoms with E-state index in [4.69, 9.17) is 27.9 Å². The van der Waals surface area contributed by atoms with Crippen LogP contribution in [-0.2, 0) is 9.53 Å². The Morgan fingerprint density at radius 2 is 2.17 bits per heavy atom. The molecule has 2 rings (SSSR count). The number of hydrogen-bond donors (Lipinski definition) is 0. The van der Waals surface area contributed by atoms with Crippen molar-refractivity contribution in [1.82, 2.24) is 0 Å². The molecule has 1 aliphatic heterocycles. The summed E-state index contributed by atoms with van der Waals surface area (Å²) in [7, 11) is 0. The van der Waals surface area contributed by atoms with Crippen molar-refractivity contribution < 1.29 is 9.53 Å². The lowest BCUT2D eigenvalue weighted by Crippen LogP contribution is -2.19. The number of rotatable bonds is 2. The SMILES string of the molecule is CCOC(=O)C1=C(Cl)c2cc(Cl)ccc2SC1C. The molecule has 0 aliphatic carbocycles. The molecule has 1 aromatic rings. The highest BCUT2D eigenvalue weighted by molar-refractivity contribution is 8.00. The van der Waals surface area contributed by atoms with Crippen molar-refractivity contribution in [1.29, 1.82) is 0 Å². The fourth-order valence-electron chi connectivity index (χ4n) is 1.81. The van der Waals surface area contributed by atoms with Crippen molar-refractivity contribution in [3.8, 4) is 0 Å². The molecule has 0 N–H and O–H groups in total. The van der Waals surface area contributed by atoms with Gasteiger partial charge in [0.05, 0.1) is 17.2 Å². The molecule has 1 heterocycles. The molecule has 0 saturated heterocycles. The number of ether oxygens (including phenoxy) is 1. The van der Waals surface area contributed by atoms with Crippen LogP contribution in [0.15, 0.2) is 28.7 Å². The van der Waals surface area contributed by atoms with Crippen molar-refractivity contribution in [3.63, 3.8) is 0 Å². The first-order valence-corrected chi connectivity index (χ1v) is 7.21. The average Bonchev–Trinajstić information content (AvgIpc) is 2.31. The molecular formula is C13H12Cl2O2S. The lowest BCUT2D eigenvalue weighted by Gasteiger charge is -2.23. The van der Waals surface area contributed by atoms with Crippen LogP contribution in [0.25, 0.3) is 5.03 Å². The Labute approximate surface area is 120 Å². The van der Waals surface area contributed by atoms with Gasteiger partial charge in [0.25, 0.3) is 0 Å². The molecule has 5 heteroatoms. The first kappa shape index (κ1) is 13.8. The van der Waals surface area contributed by atoms with E-state index < -0.39 is 0 Å². The molecule has 0 fully saturated rings. The Balaban J connectivity index is 2.51. The van der Waals surface area contributed by atoms with Crippen LogP contribution >= 0.6 is 35.0 Å². The van der Waals surface area contributed by atoms with Gasteiger partial charge in [0.15, 0.2) is 0 Å². The summed E-state index contributed by atoms with van der Waals surface area (Å²) in [6, 6.07) is 5.51. The van der Waals surface area contributed by atoms with E-state index in [0.29, 0.717) is 22.2 Å². The second-order valence-corrected chi connectivity index (χ2v) is 6.05. The van der Waals surface area contributed by atoms with Crippen molar-refractivity contribution >= 4 is 46.0 Å². The minimum absolute atomic E-state index is 0.0229. The molecule has 0 aromatic heterocycles. The number of benzene rings is 1. The van der Waals surface area contributed by atoms with Gasteiger partial charge in [-0.15, -0.1) is 11.8 Å². The maximum absolute atomic E-state index is 11.9. The summed E-state index contributed by atoms with van der Waals surface area (Å²) in [5.41, 5.74) is 1.31. The molecule has 18 heavy (non-hydrogen) atoms. The highest BCUT2D eigenvalue weighted by Gasteiger charge is 2.29. The molecule has 0 bridgehead atoms. The smallest absolute Gasteiger partial charge is 0.336 e. The third-order valence-electron chi connectivity index (χ3n) is 2.62. The maximum Gasteiger partial charge on any atom is 0.336 e. The lowest BCUT2D eigenvalue weighted by atomic mass is 10.1. The first-order chi connectivity index (χ1) is 8.54. The number of thioether (sulfide) groups is 1. The molecule has 96 valence electrons. The monoisotopic (exact) mass is 302 g/mol. The average molecular weight is 303 g/mol. The number of hydrogen-bond acceptors (Lipinski definition) is 3. The Bertz CT molecular complexity index is 526. The van der Waals surface area contributed by atoms with Crippen molar-refractivity contribution in [2.45, 2.75) is 24.0 Å². The molecule has 0 amide bonds. The van der Waals surface area contributed by atoms with Crippen LogP contribution in [0.2, 0.25) is 5.02 Å². The summed E-state index contributed by atoms with van der Waals surface area (Å²) >= 11 is 13.9. The van der Waals surface area contributed by atoms with E-state index in [1.807, 2.05) is 19.1 Å². The summed E-state index contributed by atoms with van der Waals surface area (Å²) < 4.78 is 5.04. The molecule has 1 unspecified atom stereocenters. The van der Waals surface area contributed by atoms with Gasteiger partial charge in [0, 0.05) is 20.7 Å². The van der Waals surface area contributed by atoms with Crippen LogP contribution in [0.5, 0.6) is 0 Å². The Hall–Kier alpha value is -0.640. The van der Waals surface area contributed by atoms with Crippen LogP contribution in [-0.4, -0.2) is 17.8 Å². The van der Waals surface area contributed by atoms with Gasteiger partial charge in [0.2, 0.25) is 0 Å². The first-order valence-electron chi connectivity index (χ1n) is 5.58. The van der Waals surface area contributed by atoms with Crippen LogP contribution in [0.4, 0.5) is 0 Å². The van der Waals surface area contributed by atoms with Crippen molar-refractivity contribution in [2.75, 3.05) is 6.61 Å². The van der Waals surface area contributed by atoms with Crippen LogP contribution in [0.3, 0.4) is 0 Å². The third-order valence-corrected chi connectivity index (χ3v) is 4.46. The van der Waals surface area contributed by atoms with Crippen LogP contribution in [0, 0.1) is 0 Å². The van der Waals surface area contributed by atoms with Gasteiger partial charge in [-0.05, 0) is 32.0 Å². The van der Waals surface area contributed by atoms with E-state index in [9.17, 15) is 4.79 Å². The summed E-state index contributed by atoms with van der Waals surface area (Å²) in [6.45, 7) is 4.06. The second-order valence-electron chi connectivity index (χ2n) is 3.85. The second kappa shape index (κ2) is 5.55. The Kier molecular flexibility index (Phi) is 4.25. The lowest BCUT2D eigenvalue weighted by molar-refractivity contribution is -0.138. The van der Waals surface area contributed by atoms with Crippen LogP contribution in [0.1, 0.15) is 19.4 Å². The minimum Gasteiger partial charge on any atom is -0.463 e. The maximum atomic E-state index is 11.9. The van der Waals surface area contributed by atoms with Gasteiger partial charge in [0.1, 0.15) is 0 Å². The molecule has 1 atom stereocenters. The molecular weight excluding hydrogens is 291 g/mol. The van der Waals surface area contributed by atoms with Gasteiger partial charge in [-0.1, -0.05) is 23.2 Å². The fraction of sp³-hybridized carbons (Fsp3) is 0.308. The Morgan fingerprint density at radius 1 is 1.44 bits per heavy atom. The summed E-state index contributed by atoms with van der Waals surface area (Å²) in [5, 5.41) is 1.02. The number of halogens is 2. The van der Waals surface area contributed by atoms with Gasteiger partial charge in [-0.25, -0.2) is 4.79 Å². The van der Waals surface area contributed by atoms with Crippen molar-refractivity contribution in [2.24, 2.45) is 0 Å². The minimum atomic E-state index is -0.354. The number of carbonyl (C=O) groups excluding carboxylic acids is 1. The standard InChI is InChI=1S/C13H12Cl2O2S/c1-3-17-13(16)11-7(2)18-10-5-4-8(14)6-9(10)12(11)15/h4-7H,3H2,1-2H3. The molecule has 0 spiro atoms. The molecule has 0 saturated carbocycles. The van der Waals surface area contributed by atoms with Gasteiger partial charge >= 0.3 is 5.97 Å². The zero-order valence-corrected chi connectivity index (χ0v) is 12.3. The summed E-state index contributed by atoms with van der Waals surface area (Å²) in [5.74, 6) is -0.354. The molecule has 2 nitrogen and oxygen atoms in total. The highest BCUT2D eigenvalue weighted by Crippen LogP contribution is 2.44. The zero-order valence-electron chi connectivity index (χ0n) is 10.00. The highest BCUT2D eigenvalue weighted by atomic mass is 35.5. The largest absolute Gasteiger partial charge is 0.463 e. The Morgan fingerprint density at radius 3 is 2.83 bits per heavy atom. The summed E-state index contributed by atoms with van der Waals surface area (Å²) in [6.07, 6.45) is 0.